The summed E-state index contributed by atoms with van der Waals surface area (Å²) in [5.74, 6) is -1.08. The van der Waals surface area contributed by atoms with E-state index in [1.165, 1.54) is 0 Å². The average molecular weight is 676 g/mol. The predicted octanol–water partition coefficient (Wildman–Crippen LogP) is 5.17. The van der Waals surface area contributed by atoms with Crippen molar-refractivity contribution < 1.29 is 18.4 Å². The molecule has 0 N–H and O–H groups in total. The largest absolute Gasteiger partial charge is 0.535 e. The fourth-order valence-electron chi connectivity index (χ4n) is 3.29. The Hall–Kier alpha value is -2.50. The van der Waals surface area contributed by atoms with Crippen molar-refractivity contribution in [3.63, 3.8) is 0 Å². The Bertz CT molecular complexity index is 1140. The average Bonchev–Trinajstić information content (AvgIpc) is 2.85. The van der Waals surface area contributed by atoms with E-state index in [-0.39, 0.29) is 0 Å². The van der Waals surface area contributed by atoms with Crippen LogP contribution in [-0.2, 0) is 8.85 Å². The molecule has 0 saturated carbocycles. The van der Waals surface area contributed by atoms with Gasteiger partial charge in [-0.05, 0) is 93.7 Å². The Balaban J connectivity index is 1.83. The van der Waals surface area contributed by atoms with Crippen molar-refractivity contribution in [2.45, 2.75) is 0 Å². The molecule has 4 rings (SSSR count). The van der Waals surface area contributed by atoms with Crippen LogP contribution in [0.4, 0.5) is 0 Å². The van der Waals surface area contributed by atoms with Crippen molar-refractivity contribution in [1.82, 2.24) is 0 Å². The van der Waals surface area contributed by atoms with E-state index in [2.05, 4.69) is 45.2 Å². The van der Waals surface area contributed by atoms with Gasteiger partial charge >= 0.3 is 20.5 Å². The van der Waals surface area contributed by atoms with E-state index in [4.69, 9.17) is 8.85 Å². The number of hydrogen-bond donors (Lipinski definition) is 0. The molecule has 4 aromatic carbocycles. The van der Waals surface area contributed by atoms with Crippen LogP contribution in [0.15, 0.2) is 109 Å². The molecule has 0 aliphatic heterocycles. The van der Waals surface area contributed by atoms with Gasteiger partial charge in [0.15, 0.2) is 0 Å². The van der Waals surface area contributed by atoms with Crippen LogP contribution in [-0.4, -0.2) is 20.5 Å². The van der Waals surface area contributed by atoms with Crippen molar-refractivity contribution in [3.05, 3.63) is 127 Å². The number of hydrogen-bond acceptors (Lipinski definition) is 4. The first-order chi connectivity index (χ1) is 16.0. The smallest absolute Gasteiger partial charge is 0.475 e. The molecule has 0 aliphatic carbocycles. The lowest BCUT2D eigenvalue weighted by Crippen LogP contribution is -2.65. The molecule has 0 saturated heterocycles. The molecule has 0 aromatic heterocycles. The number of carbonyl (C=O) groups is 2. The molecule has 33 heavy (non-hydrogen) atoms. The first-order valence-electron chi connectivity index (χ1n) is 10.1. The first kappa shape index (κ1) is 23.6. The summed E-state index contributed by atoms with van der Waals surface area (Å²) in [7, 11) is -3.77. The number of rotatable bonds is 6. The van der Waals surface area contributed by atoms with Crippen molar-refractivity contribution in [3.8, 4) is 0 Å². The molecule has 7 heteroatoms. The summed E-state index contributed by atoms with van der Waals surface area (Å²) < 4.78 is 14.4. The van der Waals surface area contributed by atoms with Gasteiger partial charge in [-0.1, -0.05) is 60.7 Å². The van der Waals surface area contributed by atoms with Crippen LogP contribution in [0.3, 0.4) is 0 Å². The van der Waals surface area contributed by atoms with Gasteiger partial charge in [-0.15, -0.1) is 0 Å². The van der Waals surface area contributed by atoms with Crippen LogP contribution in [0, 0.1) is 7.14 Å². The molecule has 0 aliphatic rings. The minimum atomic E-state index is -3.77. The Morgan fingerprint density at radius 2 is 0.848 bits per heavy atom. The van der Waals surface area contributed by atoms with Crippen LogP contribution in [0.5, 0.6) is 0 Å². The van der Waals surface area contributed by atoms with Gasteiger partial charge in [-0.3, -0.25) is 0 Å². The normalized spacial score (nSPS) is 11.0. The van der Waals surface area contributed by atoms with E-state index in [1.807, 2.05) is 84.9 Å². The van der Waals surface area contributed by atoms with Crippen LogP contribution in [0.2, 0.25) is 0 Å². The number of halogens is 2. The van der Waals surface area contributed by atoms with Crippen LogP contribution in [0.25, 0.3) is 0 Å². The van der Waals surface area contributed by atoms with Crippen LogP contribution >= 0.6 is 45.2 Å². The van der Waals surface area contributed by atoms with Gasteiger partial charge < -0.3 is 8.85 Å². The maximum Gasteiger partial charge on any atom is 0.535 e. The predicted molar refractivity (Wildman–Crippen MR) is 147 cm³/mol. The fourth-order valence-corrected chi connectivity index (χ4v) is 6.88. The van der Waals surface area contributed by atoms with E-state index in [1.54, 1.807) is 24.3 Å². The van der Waals surface area contributed by atoms with Crippen molar-refractivity contribution >= 4 is 76.1 Å². The molecule has 0 bridgehead atoms. The standard InChI is InChI=1S/C26H18I2O4Si/c27-21-15-11-19(12-16-21)25(29)31-33(23-7-3-1-4-8-23,24-9-5-2-6-10-24)32-26(30)20-13-17-22(28)18-14-20/h1-18H. The zero-order valence-corrected chi connectivity index (χ0v) is 22.6. The van der Waals surface area contributed by atoms with Gasteiger partial charge in [-0.2, -0.15) is 0 Å². The Morgan fingerprint density at radius 1 is 0.515 bits per heavy atom. The molecule has 0 fully saturated rings. The molecular weight excluding hydrogens is 658 g/mol. The first-order valence-corrected chi connectivity index (χ1v) is 14.0. The van der Waals surface area contributed by atoms with Gasteiger partial charge in [-0.25, -0.2) is 9.59 Å². The highest BCUT2D eigenvalue weighted by molar-refractivity contribution is 14.1. The molecule has 4 nitrogen and oxygen atoms in total. The highest BCUT2D eigenvalue weighted by atomic mass is 127. The second-order valence-corrected chi connectivity index (χ2v) is 12.4. The maximum absolute atomic E-state index is 13.3. The summed E-state index contributed by atoms with van der Waals surface area (Å²) in [6, 6.07) is 32.6. The highest BCUT2D eigenvalue weighted by Gasteiger charge is 2.50. The minimum absolute atomic E-state index is 0.393. The van der Waals surface area contributed by atoms with Crippen molar-refractivity contribution in [1.29, 1.82) is 0 Å². The fraction of sp³-hybridized carbons (Fsp3) is 0. The van der Waals surface area contributed by atoms with Crippen molar-refractivity contribution in [2.75, 3.05) is 0 Å². The van der Waals surface area contributed by atoms with E-state index < -0.39 is 20.5 Å². The molecule has 0 heterocycles. The zero-order chi connectivity index (χ0) is 23.3. The lowest BCUT2D eigenvalue weighted by atomic mass is 10.2. The second-order valence-electron chi connectivity index (χ2n) is 7.14. The minimum Gasteiger partial charge on any atom is -0.475 e. The molecule has 0 radical (unpaired) electrons. The molecule has 0 spiro atoms. The Labute approximate surface area is 220 Å². The number of benzene rings is 4. The van der Waals surface area contributed by atoms with Crippen LogP contribution < -0.4 is 10.4 Å². The molecule has 0 atom stereocenters. The van der Waals surface area contributed by atoms with Gasteiger partial charge in [0.25, 0.3) is 0 Å². The number of carbonyl (C=O) groups excluding carboxylic acids is 2. The van der Waals surface area contributed by atoms with Gasteiger partial charge in [0.1, 0.15) is 0 Å². The summed E-state index contributed by atoms with van der Waals surface area (Å²) in [5.41, 5.74) is 0.786. The molecule has 4 aromatic rings. The van der Waals surface area contributed by atoms with Crippen molar-refractivity contribution in [2.24, 2.45) is 0 Å². The molecule has 0 amide bonds. The third kappa shape index (κ3) is 5.53. The molecular formula is C26H18I2O4Si. The van der Waals surface area contributed by atoms with E-state index >= 15 is 0 Å². The highest BCUT2D eigenvalue weighted by Crippen LogP contribution is 2.18. The Kier molecular flexibility index (Phi) is 7.61. The summed E-state index contributed by atoms with van der Waals surface area (Å²) >= 11 is 4.36. The topological polar surface area (TPSA) is 52.6 Å². The quantitative estimate of drug-likeness (QED) is 0.209. The Morgan fingerprint density at radius 3 is 1.18 bits per heavy atom. The summed E-state index contributed by atoms with van der Waals surface area (Å²) in [4.78, 5) is 26.6. The molecule has 0 unspecified atom stereocenters. The SMILES string of the molecule is O=C(O[Si](OC(=O)c1ccc(I)cc1)(c1ccccc1)c1ccccc1)c1ccc(I)cc1. The third-order valence-electron chi connectivity index (χ3n) is 4.94. The van der Waals surface area contributed by atoms with Gasteiger partial charge in [0.2, 0.25) is 0 Å². The summed E-state index contributed by atoms with van der Waals surface area (Å²) in [5, 5.41) is 1.32. The van der Waals surface area contributed by atoms with Gasteiger partial charge in [0.05, 0.1) is 11.1 Å². The van der Waals surface area contributed by atoms with E-state index in [0.29, 0.717) is 21.5 Å². The summed E-state index contributed by atoms with van der Waals surface area (Å²) in [6.45, 7) is 0. The molecule has 164 valence electrons. The third-order valence-corrected chi connectivity index (χ3v) is 9.51. The monoisotopic (exact) mass is 676 g/mol. The second kappa shape index (κ2) is 10.6. The lowest BCUT2D eigenvalue weighted by Gasteiger charge is -2.30. The zero-order valence-electron chi connectivity index (χ0n) is 17.3. The van der Waals surface area contributed by atoms with Gasteiger partial charge in [0, 0.05) is 17.5 Å². The lowest BCUT2D eigenvalue weighted by molar-refractivity contribution is 0.0593. The summed E-state index contributed by atoms with van der Waals surface area (Å²) in [6.07, 6.45) is 0. The van der Waals surface area contributed by atoms with Crippen LogP contribution in [0.1, 0.15) is 20.7 Å². The van der Waals surface area contributed by atoms with E-state index in [0.717, 1.165) is 7.14 Å². The maximum atomic E-state index is 13.3. The van der Waals surface area contributed by atoms with E-state index in [9.17, 15) is 9.59 Å².